The summed E-state index contributed by atoms with van der Waals surface area (Å²) in [5.41, 5.74) is 2.16. The third-order valence-corrected chi connectivity index (χ3v) is 4.66. The topological polar surface area (TPSA) is 24.1 Å². The molecular weight excluding hydrogens is 312 g/mol. The Morgan fingerprint density at radius 3 is 2.41 bits per heavy atom. The van der Waals surface area contributed by atoms with E-state index in [0.717, 1.165) is 18.5 Å². The molecule has 1 fully saturated rings. The Morgan fingerprint density at radius 1 is 1.00 bits per heavy atom. The molecule has 0 aliphatic heterocycles. The van der Waals surface area contributed by atoms with Crippen molar-refractivity contribution in [1.82, 2.24) is 5.32 Å². The molecule has 2 aromatic rings. The van der Waals surface area contributed by atoms with E-state index in [9.17, 15) is 0 Å². The Hall–Kier alpha value is -1.58. The van der Waals surface area contributed by atoms with E-state index in [0.29, 0.717) is 10.1 Å². The predicted molar refractivity (Wildman–Crippen MR) is 97.4 cm³/mol. The van der Waals surface area contributed by atoms with Gasteiger partial charge in [0, 0.05) is 10.7 Å². The highest BCUT2D eigenvalue weighted by Crippen LogP contribution is 2.38. The fraction of sp³-hybridized carbons (Fsp3) is 0.278. The second-order valence-electron chi connectivity index (χ2n) is 5.74. The van der Waals surface area contributed by atoms with Crippen LogP contribution in [0.5, 0.6) is 0 Å². The first-order valence-electron chi connectivity index (χ1n) is 7.58. The van der Waals surface area contributed by atoms with Crippen LogP contribution >= 0.6 is 23.8 Å². The molecule has 4 heteroatoms. The third-order valence-electron chi connectivity index (χ3n) is 4.22. The van der Waals surface area contributed by atoms with E-state index in [1.54, 1.807) is 0 Å². The molecule has 0 atom stereocenters. The van der Waals surface area contributed by atoms with E-state index in [1.807, 2.05) is 24.3 Å². The molecular formula is C18H19ClN2S. The second-order valence-corrected chi connectivity index (χ2v) is 6.59. The Labute approximate surface area is 141 Å². The van der Waals surface area contributed by atoms with Crippen LogP contribution in [0.3, 0.4) is 0 Å². The molecule has 2 aromatic carbocycles. The molecule has 0 saturated heterocycles. The van der Waals surface area contributed by atoms with Crippen molar-refractivity contribution in [3.63, 3.8) is 0 Å². The largest absolute Gasteiger partial charge is 0.353 e. The number of benzene rings is 2. The molecule has 0 spiro atoms. The monoisotopic (exact) mass is 330 g/mol. The van der Waals surface area contributed by atoms with Gasteiger partial charge in [0.1, 0.15) is 0 Å². The van der Waals surface area contributed by atoms with Gasteiger partial charge in [-0.1, -0.05) is 60.8 Å². The molecule has 3 rings (SSSR count). The van der Waals surface area contributed by atoms with Gasteiger partial charge in [0.05, 0.1) is 5.54 Å². The van der Waals surface area contributed by atoms with Crippen molar-refractivity contribution in [3.05, 3.63) is 65.2 Å². The lowest BCUT2D eigenvalue weighted by atomic mass is 9.88. The molecule has 0 bridgehead atoms. The zero-order valence-corrected chi connectivity index (χ0v) is 13.9. The normalized spacial score (nSPS) is 16.2. The minimum atomic E-state index is -0.0517. The van der Waals surface area contributed by atoms with Crippen LogP contribution in [0, 0.1) is 0 Å². The number of hydrogen-bond acceptors (Lipinski definition) is 1. The van der Waals surface area contributed by atoms with Crippen molar-refractivity contribution in [3.8, 4) is 0 Å². The maximum absolute atomic E-state index is 6.02. The van der Waals surface area contributed by atoms with Gasteiger partial charge in [0.15, 0.2) is 5.11 Å². The van der Waals surface area contributed by atoms with Gasteiger partial charge in [-0.2, -0.15) is 0 Å². The van der Waals surface area contributed by atoms with Gasteiger partial charge >= 0.3 is 0 Å². The standard InChI is InChI=1S/C18H19ClN2S/c19-15-9-6-10-16(13-15)20-17(22)21-18(11-4-5-12-18)14-7-2-1-3-8-14/h1-3,6-10,13H,4-5,11-12H2,(H2,20,21,22). The summed E-state index contributed by atoms with van der Waals surface area (Å²) in [6.07, 6.45) is 4.66. The van der Waals surface area contributed by atoms with E-state index >= 15 is 0 Å². The number of thiocarbonyl (C=S) groups is 1. The van der Waals surface area contributed by atoms with E-state index in [1.165, 1.54) is 18.4 Å². The summed E-state index contributed by atoms with van der Waals surface area (Å²) < 4.78 is 0. The van der Waals surface area contributed by atoms with Crippen LogP contribution in [0.15, 0.2) is 54.6 Å². The van der Waals surface area contributed by atoms with Gasteiger partial charge in [0.2, 0.25) is 0 Å². The first-order valence-corrected chi connectivity index (χ1v) is 8.37. The summed E-state index contributed by atoms with van der Waals surface area (Å²) in [7, 11) is 0. The molecule has 0 unspecified atom stereocenters. The van der Waals surface area contributed by atoms with Crippen molar-refractivity contribution in [2.24, 2.45) is 0 Å². The molecule has 22 heavy (non-hydrogen) atoms. The SMILES string of the molecule is S=C(Nc1cccc(Cl)c1)NC1(c2ccccc2)CCCC1. The summed E-state index contributed by atoms with van der Waals surface area (Å²) in [4.78, 5) is 0. The van der Waals surface area contributed by atoms with Crippen LogP contribution in [0.4, 0.5) is 5.69 Å². The van der Waals surface area contributed by atoms with Crippen LogP contribution in [-0.4, -0.2) is 5.11 Å². The van der Waals surface area contributed by atoms with Gasteiger partial charge in [-0.15, -0.1) is 0 Å². The molecule has 114 valence electrons. The lowest BCUT2D eigenvalue weighted by Crippen LogP contribution is -2.45. The summed E-state index contributed by atoms with van der Waals surface area (Å²) in [5, 5.41) is 8.14. The fourth-order valence-electron chi connectivity index (χ4n) is 3.17. The summed E-state index contributed by atoms with van der Waals surface area (Å²) in [6.45, 7) is 0. The molecule has 1 aliphatic carbocycles. The first kappa shape index (κ1) is 15.3. The number of anilines is 1. The van der Waals surface area contributed by atoms with Crippen molar-refractivity contribution in [2.75, 3.05) is 5.32 Å². The first-order chi connectivity index (χ1) is 10.7. The minimum absolute atomic E-state index is 0.0517. The Balaban J connectivity index is 1.76. The minimum Gasteiger partial charge on any atom is -0.353 e. The van der Waals surface area contributed by atoms with Crippen LogP contribution < -0.4 is 10.6 Å². The lowest BCUT2D eigenvalue weighted by molar-refractivity contribution is 0.408. The molecule has 0 amide bonds. The molecule has 2 N–H and O–H groups in total. The molecule has 1 aliphatic rings. The summed E-state index contributed by atoms with van der Waals surface area (Å²) in [6, 6.07) is 18.2. The quantitative estimate of drug-likeness (QED) is 0.766. The average Bonchev–Trinajstić information content (AvgIpc) is 2.98. The Kier molecular flexibility index (Phi) is 4.65. The maximum atomic E-state index is 6.02. The van der Waals surface area contributed by atoms with E-state index < -0.39 is 0 Å². The molecule has 1 saturated carbocycles. The third kappa shape index (κ3) is 3.42. The van der Waals surface area contributed by atoms with E-state index in [2.05, 4.69) is 41.0 Å². The molecule has 0 radical (unpaired) electrons. The highest BCUT2D eigenvalue weighted by atomic mass is 35.5. The summed E-state index contributed by atoms with van der Waals surface area (Å²) >= 11 is 11.5. The number of hydrogen-bond donors (Lipinski definition) is 2. The molecule has 0 aromatic heterocycles. The number of rotatable bonds is 3. The zero-order chi connectivity index (χ0) is 15.4. The Morgan fingerprint density at radius 2 is 1.73 bits per heavy atom. The van der Waals surface area contributed by atoms with E-state index in [4.69, 9.17) is 23.8 Å². The maximum Gasteiger partial charge on any atom is 0.171 e. The van der Waals surface area contributed by atoms with Crippen LogP contribution in [0.1, 0.15) is 31.2 Å². The number of nitrogens with one attached hydrogen (secondary N) is 2. The van der Waals surface area contributed by atoms with Crippen molar-refractivity contribution in [1.29, 1.82) is 0 Å². The average molecular weight is 331 g/mol. The molecule has 0 heterocycles. The second kappa shape index (κ2) is 6.67. The van der Waals surface area contributed by atoms with Crippen LogP contribution in [-0.2, 0) is 5.54 Å². The van der Waals surface area contributed by atoms with E-state index in [-0.39, 0.29) is 5.54 Å². The van der Waals surface area contributed by atoms with Crippen molar-refractivity contribution >= 4 is 34.6 Å². The van der Waals surface area contributed by atoms with Crippen LogP contribution in [0.25, 0.3) is 0 Å². The van der Waals surface area contributed by atoms with Gasteiger partial charge in [0.25, 0.3) is 0 Å². The van der Waals surface area contributed by atoms with Gasteiger partial charge in [-0.05, 0) is 48.8 Å². The lowest BCUT2D eigenvalue weighted by Gasteiger charge is -2.32. The highest BCUT2D eigenvalue weighted by Gasteiger charge is 2.36. The van der Waals surface area contributed by atoms with Gasteiger partial charge < -0.3 is 10.6 Å². The predicted octanol–water partition coefficient (Wildman–Crippen LogP) is 5.10. The van der Waals surface area contributed by atoms with Crippen molar-refractivity contribution < 1.29 is 0 Å². The van der Waals surface area contributed by atoms with Crippen molar-refractivity contribution in [2.45, 2.75) is 31.2 Å². The fourth-order valence-corrected chi connectivity index (χ4v) is 3.67. The molecule has 2 nitrogen and oxygen atoms in total. The Bertz CT molecular complexity index is 651. The van der Waals surface area contributed by atoms with Gasteiger partial charge in [-0.25, -0.2) is 0 Å². The smallest absolute Gasteiger partial charge is 0.171 e. The summed E-state index contributed by atoms with van der Waals surface area (Å²) in [5.74, 6) is 0. The highest BCUT2D eigenvalue weighted by molar-refractivity contribution is 7.80. The van der Waals surface area contributed by atoms with Gasteiger partial charge in [-0.3, -0.25) is 0 Å². The number of halogens is 1. The zero-order valence-electron chi connectivity index (χ0n) is 12.3. The van der Waals surface area contributed by atoms with Crippen LogP contribution in [0.2, 0.25) is 5.02 Å².